The van der Waals surface area contributed by atoms with Gasteiger partial charge in [0, 0.05) is 18.5 Å². The summed E-state index contributed by atoms with van der Waals surface area (Å²) in [4.78, 5) is 36.2. The molecule has 0 saturated carbocycles. The predicted octanol–water partition coefficient (Wildman–Crippen LogP) is 2.49. The number of pyridine rings is 2. The summed E-state index contributed by atoms with van der Waals surface area (Å²) in [5, 5.41) is 14.1. The van der Waals surface area contributed by atoms with E-state index in [0.717, 1.165) is 5.69 Å². The van der Waals surface area contributed by atoms with Gasteiger partial charge in [-0.15, -0.1) is 0 Å². The van der Waals surface area contributed by atoms with Crippen LogP contribution < -0.4 is 15.4 Å². The zero-order chi connectivity index (χ0) is 21.9. The number of rotatable bonds is 5. The number of aryl methyl sites for hydroxylation is 2. The Morgan fingerprint density at radius 1 is 1.17 bits per heavy atom. The van der Waals surface area contributed by atoms with Crippen LogP contribution in [-0.4, -0.2) is 42.2 Å². The van der Waals surface area contributed by atoms with Crippen LogP contribution in [0.5, 0.6) is 11.5 Å². The first-order chi connectivity index (χ1) is 14.1. The molecule has 3 aromatic rings. The molecule has 3 rings (SSSR count). The van der Waals surface area contributed by atoms with Crippen molar-refractivity contribution in [3.8, 4) is 17.3 Å². The summed E-state index contributed by atoms with van der Waals surface area (Å²) in [5.74, 6) is 1.12. The number of nitrogens with zero attached hydrogens (tertiary/aromatic N) is 4. The van der Waals surface area contributed by atoms with Crippen LogP contribution in [0.25, 0.3) is 5.82 Å². The maximum absolute atomic E-state index is 11.9. The number of nitrogens with one attached hydrogen (secondary N) is 2. The van der Waals surface area contributed by atoms with Crippen molar-refractivity contribution in [2.24, 2.45) is 0 Å². The minimum absolute atomic E-state index is 0.227. The first-order valence-corrected chi connectivity index (χ1v) is 9.08. The molecule has 0 saturated heterocycles. The zero-order valence-electron chi connectivity index (χ0n) is 17.0. The van der Waals surface area contributed by atoms with Gasteiger partial charge < -0.3 is 9.84 Å². The van der Waals surface area contributed by atoms with E-state index >= 15 is 0 Å². The summed E-state index contributed by atoms with van der Waals surface area (Å²) in [7, 11) is 0. The Morgan fingerprint density at radius 2 is 1.93 bits per heavy atom. The van der Waals surface area contributed by atoms with Gasteiger partial charge >= 0.3 is 6.03 Å². The van der Waals surface area contributed by atoms with E-state index < -0.39 is 17.5 Å². The minimum atomic E-state index is -1.67. The second kappa shape index (κ2) is 8.29. The SMILES string of the molecule is Cc1cn(-c2cc(Oc3cnc(NC(=O)NC(=O)C(C)(C)O)cc3C)ccn2)cn1. The average molecular weight is 410 g/mol. The van der Waals surface area contributed by atoms with Gasteiger partial charge in [0.2, 0.25) is 0 Å². The second-order valence-electron chi connectivity index (χ2n) is 7.18. The molecule has 10 nitrogen and oxygen atoms in total. The third kappa shape index (κ3) is 5.17. The number of amides is 3. The van der Waals surface area contributed by atoms with Crippen molar-refractivity contribution in [1.29, 1.82) is 0 Å². The van der Waals surface area contributed by atoms with Crippen LogP contribution in [-0.2, 0) is 4.79 Å². The van der Waals surface area contributed by atoms with E-state index in [2.05, 4.69) is 20.3 Å². The maximum atomic E-state index is 11.9. The number of hydrogen-bond donors (Lipinski definition) is 3. The van der Waals surface area contributed by atoms with Gasteiger partial charge in [0.1, 0.15) is 35.1 Å². The zero-order valence-corrected chi connectivity index (χ0v) is 17.0. The average Bonchev–Trinajstić information content (AvgIpc) is 3.10. The number of anilines is 1. The summed E-state index contributed by atoms with van der Waals surface area (Å²) in [6.07, 6.45) is 6.61. The summed E-state index contributed by atoms with van der Waals surface area (Å²) in [6, 6.07) is 4.29. The third-order valence-corrected chi connectivity index (χ3v) is 4.01. The lowest BCUT2D eigenvalue weighted by Crippen LogP contribution is -2.46. The van der Waals surface area contributed by atoms with Crippen molar-refractivity contribution in [1.82, 2.24) is 24.8 Å². The molecule has 0 bridgehead atoms. The van der Waals surface area contributed by atoms with Crippen molar-refractivity contribution in [2.75, 3.05) is 5.32 Å². The van der Waals surface area contributed by atoms with E-state index in [-0.39, 0.29) is 5.82 Å². The molecule has 0 radical (unpaired) electrons. The Balaban J connectivity index is 1.69. The Bertz CT molecular complexity index is 1090. The van der Waals surface area contributed by atoms with Crippen molar-refractivity contribution in [3.63, 3.8) is 0 Å². The highest BCUT2D eigenvalue weighted by molar-refractivity contribution is 6.03. The van der Waals surface area contributed by atoms with Gasteiger partial charge in [0.05, 0.1) is 11.9 Å². The summed E-state index contributed by atoms with van der Waals surface area (Å²) >= 11 is 0. The Morgan fingerprint density at radius 3 is 2.57 bits per heavy atom. The maximum Gasteiger partial charge on any atom is 0.327 e. The fourth-order valence-corrected chi connectivity index (χ4v) is 2.40. The number of hydrogen-bond acceptors (Lipinski definition) is 7. The lowest BCUT2D eigenvalue weighted by Gasteiger charge is -2.16. The number of imidazole rings is 1. The van der Waals surface area contributed by atoms with Crippen LogP contribution in [0.3, 0.4) is 0 Å². The van der Waals surface area contributed by atoms with Gasteiger partial charge in [-0.25, -0.2) is 19.7 Å². The van der Waals surface area contributed by atoms with Gasteiger partial charge in [-0.3, -0.25) is 20.0 Å². The van der Waals surface area contributed by atoms with Crippen molar-refractivity contribution in [2.45, 2.75) is 33.3 Å². The highest BCUT2D eigenvalue weighted by Crippen LogP contribution is 2.26. The van der Waals surface area contributed by atoms with Crippen LogP contribution in [0.4, 0.5) is 10.6 Å². The van der Waals surface area contributed by atoms with Crippen LogP contribution in [0.15, 0.2) is 43.1 Å². The molecule has 0 aliphatic heterocycles. The molecular formula is C20H22N6O4. The molecular weight excluding hydrogens is 388 g/mol. The molecule has 0 spiro atoms. The Labute approximate surface area is 173 Å². The van der Waals surface area contributed by atoms with Crippen LogP contribution >= 0.6 is 0 Å². The molecule has 30 heavy (non-hydrogen) atoms. The largest absolute Gasteiger partial charge is 0.455 e. The predicted molar refractivity (Wildman–Crippen MR) is 109 cm³/mol. The molecule has 0 aromatic carbocycles. The van der Waals surface area contributed by atoms with Gasteiger partial charge in [0.25, 0.3) is 5.91 Å². The molecule has 3 heterocycles. The number of imide groups is 1. The number of aromatic nitrogens is 4. The van der Waals surface area contributed by atoms with E-state index in [1.165, 1.54) is 20.0 Å². The molecule has 156 valence electrons. The van der Waals surface area contributed by atoms with E-state index in [4.69, 9.17) is 4.74 Å². The molecule has 0 aliphatic rings. The van der Waals surface area contributed by atoms with Crippen molar-refractivity contribution < 1.29 is 19.4 Å². The molecule has 3 aromatic heterocycles. The van der Waals surface area contributed by atoms with Crippen molar-refractivity contribution >= 4 is 17.8 Å². The quantitative estimate of drug-likeness (QED) is 0.589. The first kappa shape index (κ1) is 20.9. The number of aliphatic hydroxyl groups is 1. The molecule has 0 unspecified atom stereocenters. The standard InChI is InChI=1S/C20H22N6O4/c1-12-7-16(24-19(28)25-18(27)20(3,4)29)22-9-15(12)30-14-5-6-21-17(8-14)26-10-13(2)23-11-26/h5-11,29H,1-4H3,(H2,22,24,25,27,28). The molecule has 0 atom stereocenters. The minimum Gasteiger partial charge on any atom is -0.455 e. The second-order valence-corrected chi connectivity index (χ2v) is 7.18. The van der Waals surface area contributed by atoms with Gasteiger partial charge in [0.15, 0.2) is 0 Å². The van der Waals surface area contributed by atoms with Crippen LogP contribution in [0.1, 0.15) is 25.1 Å². The van der Waals surface area contributed by atoms with Crippen LogP contribution in [0, 0.1) is 13.8 Å². The smallest absolute Gasteiger partial charge is 0.327 e. The number of carbonyl (C=O) groups excluding carboxylic acids is 2. The van der Waals surface area contributed by atoms with Crippen molar-refractivity contribution in [3.05, 3.63) is 54.4 Å². The lowest BCUT2D eigenvalue weighted by molar-refractivity contribution is -0.135. The van der Waals surface area contributed by atoms with E-state index in [1.807, 2.05) is 18.4 Å². The number of ether oxygens (including phenoxy) is 1. The molecule has 3 N–H and O–H groups in total. The van der Waals surface area contributed by atoms with Gasteiger partial charge in [-0.1, -0.05) is 0 Å². The van der Waals surface area contributed by atoms with E-state index in [0.29, 0.717) is 22.9 Å². The monoisotopic (exact) mass is 410 g/mol. The normalized spacial score (nSPS) is 11.1. The fourth-order valence-electron chi connectivity index (χ4n) is 2.40. The number of urea groups is 1. The number of carbonyl (C=O) groups is 2. The highest BCUT2D eigenvalue weighted by Gasteiger charge is 2.25. The Kier molecular flexibility index (Phi) is 5.79. The third-order valence-electron chi connectivity index (χ3n) is 4.01. The Hall–Kier alpha value is -3.79. The highest BCUT2D eigenvalue weighted by atomic mass is 16.5. The topological polar surface area (TPSA) is 131 Å². The molecule has 3 amide bonds. The molecule has 10 heteroatoms. The first-order valence-electron chi connectivity index (χ1n) is 9.08. The van der Waals surface area contributed by atoms with Gasteiger partial charge in [-0.05, 0) is 45.4 Å². The lowest BCUT2D eigenvalue weighted by atomic mass is 10.1. The summed E-state index contributed by atoms with van der Waals surface area (Å²) < 4.78 is 7.68. The molecule has 0 fully saturated rings. The van der Waals surface area contributed by atoms with Gasteiger partial charge in [-0.2, -0.15) is 0 Å². The fraction of sp³-hybridized carbons (Fsp3) is 0.250. The van der Waals surface area contributed by atoms with E-state index in [1.54, 1.807) is 42.2 Å². The van der Waals surface area contributed by atoms with Crippen LogP contribution in [0.2, 0.25) is 0 Å². The summed E-state index contributed by atoms with van der Waals surface area (Å²) in [6.45, 7) is 6.25. The van der Waals surface area contributed by atoms with E-state index in [9.17, 15) is 14.7 Å². The summed E-state index contributed by atoms with van der Waals surface area (Å²) in [5.41, 5.74) is -0.0810. The molecule has 0 aliphatic carbocycles.